The van der Waals surface area contributed by atoms with Gasteiger partial charge < -0.3 is 10.2 Å². The number of benzene rings is 1. The molecular weight excluding hydrogens is 385 g/mol. The van der Waals surface area contributed by atoms with Crippen molar-refractivity contribution in [3.63, 3.8) is 0 Å². The maximum Gasteiger partial charge on any atom is 0.240 e. The molecule has 1 fully saturated rings. The summed E-state index contributed by atoms with van der Waals surface area (Å²) in [6.45, 7) is 3.35. The van der Waals surface area contributed by atoms with Gasteiger partial charge in [0.2, 0.25) is 15.9 Å². The van der Waals surface area contributed by atoms with Gasteiger partial charge >= 0.3 is 0 Å². The molecule has 2 rings (SSSR count). The first-order valence-corrected chi connectivity index (χ1v) is 10.8. The molecule has 1 aliphatic rings. The minimum atomic E-state index is -3.67. The predicted molar refractivity (Wildman–Crippen MR) is 102 cm³/mol. The zero-order valence-electron chi connectivity index (χ0n) is 14.2. The molecule has 1 aromatic carbocycles. The van der Waals surface area contributed by atoms with Crippen LogP contribution in [0.3, 0.4) is 0 Å². The van der Waals surface area contributed by atoms with Gasteiger partial charge in [-0.1, -0.05) is 23.2 Å². The van der Waals surface area contributed by atoms with Gasteiger partial charge in [-0.3, -0.25) is 9.10 Å². The van der Waals surface area contributed by atoms with Crippen molar-refractivity contribution in [3.8, 4) is 0 Å². The second-order valence-electron chi connectivity index (χ2n) is 6.12. The first-order valence-electron chi connectivity index (χ1n) is 8.19. The number of carbonyl (C=O) groups is 1. The Bertz CT molecular complexity index is 707. The molecule has 0 saturated carbocycles. The van der Waals surface area contributed by atoms with Crippen molar-refractivity contribution in [2.24, 2.45) is 0 Å². The summed E-state index contributed by atoms with van der Waals surface area (Å²) in [5.41, 5.74) is 0.198. The molecule has 1 aliphatic heterocycles. The van der Waals surface area contributed by atoms with E-state index in [1.807, 2.05) is 0 Å². The molecule has 1 saturated heterocycles. The monoisotopic (exact) mass is 407 g/mol. The molecule has 0 bridgehead atoms. The zero-order valence-corrected chi connectivity index (χ0v) is 16.5. The minimum absolute atomic E-state index is 0.198. The molecule has 1 N–H and O–H groups in total. The average Bonchev–Trinajstić information content (AvgIpc) is 3.04. The van der Waals surface area contributed by atoms with Crippen LogP contribution in [0.25, 0.3) is 0 Å². The van der Waals surface area contributed by atoms with Crippen LogP contribution in [0.5, 0.6) is 0 Å². The van der Waals surface area contributed by atoms with Gasteiger partial charge in [0.1, 0.15) is 6.54 Å². The highest BCUT2D eigenvalue weighted by molar-refractivity contribution is 7.92. The molecule has 9 heteroatoms. The summed E-state index contributed by atoms with van der Waals surface area (Å²) in [6.07, 6.45) is 4.33. The standard InChI is InChI=1S/C16H23Cl2N3O3S/c1-25(23,24)21(15-11-13(17)5-6-14(15)18)12-16(22)19-7-4-10-20-8-2-3-9-20/h5-6,11H,2-4,7-10,12H2,1H3,(H,19,22). The maximum absolute atomic E-state index is 12.2. The van der Waals surface area contributed by atoms with E-state index in [1.165, 1.54) is 25.0 Å². The van der Waals surface area contributed by atoms with E-state index >= 15 is 0 Å². The van der Waals surface area contributed by atoms with Gasteiger partial charge in [-0.15, -0.1) is 0 Å². The summed E-state index contributed by atoms with van der Waals surface area (Å²) in [6, 6.07) is 4.50. The second kappa shape index (κ2) is 9.07. The largest absolute Gasteiger partial charge is 0.354 e. The van der Waals surface area contributed by atoms with Crippen molar-refractivity contribution in [1.29, 1.82) is 0 Å². The minimum Gasteiger partial charge on any atom is -0.354 e. The number of nitrogens with one attached hydrogen (secondary N) is 1. The summed E-state index contributed by atoms with van der Waals surface area (Å²) in [5, 5.41) is 3.33. The fourth-order valence-corrected chi connectivity index (χ4v) is 4.08. The third kappa shape index (κ3) is 6.33. The topological polar surface area (TPSA) is 69.7 Å². The van der Waals surface area contributed by atoms with Crippen molar-refractivity contribution >= 4 is 44.8 Å². The van der Waals surface area contributed by atoms with Crippen LogP contribution in [0.2, 0.25) is 10.0 Å². The third-order valence-electron chi connectivity index (χ3n) is 4.04. The lowest BCUT2D eigenvalue weighted by molar-refractivity contribution is -0.119. The van der Waals surface area contributed by atoms with E-state index in [1.54, 1.807) is 6.07 Å². The quantitative estimate of drug-likeness (QED) is 0.671. The molecular formula is C16H23Cl2N3O3S. The van der Waals surface area contributed by atoms with Gasteiger partial charge in [-0.2, -0.15) is 0 Å². The van der Waals surface area contributed by atoms with Crippen LogP contribution in [0.1, 0.15) is 19.3 Å². The van der Waals surface area contributed by atoms with E-state index in [9.17, 15) is 13.2 Å². The molecule has 0 unspecified atom stereocenters. The van der Waals surface area contributed by atoms with Crippen LogP contribution >= 0.6 is 23.2 Å². The lowest BCUT2D eigenvalue weighted by Gasteiger charge is -2.23. The number of sulfonamides is 1. The molecule has 0 spiro atoms. The summed E-state index contributed by atoms with van der Waals surface area (Å²) >= 11 is 12.0. The van der Waals surface area contributed by atoms with Gasteiger partial charge in [-0.25, -0.2) is 8.42 Å². The van der Waals surface area contributed by atoms with Crippen molar-refractivity contribution in [3.05, 3.63) is 28.2 Å². The second-order valence-corrected chi connectivity index (χ2v) is 8.87. The van der Waals surface area contributed by atoms with E-state index in [4.69, 9.17) is 23.2 Å². The molecule has 140 valence electrons. The van der Waals surface area contributed by atoms with E-state index in [0.717, 1.165) is 36.6 Å². The molecule has 1 amide bonds. The highest BCUT2D eigenvalue weighted by Gasteiger charge is 2.23. The fourth-order valence-electron chi connectivity index (χ4n) is 2.78. The maximum atomic E-state index is 12.2. The summed E-state index contributed by atoms with van der Waals surface area (Å²) in [5.74, 6) is -0.372. The van der Waals surface area contributed by atoms with Crippen molar-refractivity contribution in [2.45, 2.75) is 19.3 Å². The number of hydrogen-bond acceptors (Lipinski definition) is 4. The van der Waals surface area contributed by atoms with Gasteiger partial charge in [0.15, 0.2) is 0 Å². The Hall–Kier alpha value is -1.02. The average molecular weight is 408 g/mol. The molecule has 0 aromatic heterocycles. The smallest absolute Gasteiger partial charge is 0.240 e. The normalized spacial score (nSPS) is 15.3. The summed E-state index contributed by atoms with van der Waals surface area (Å²) < 4.78 is 25.1. The van der Waals surface area contributed by atoms with Crippen LogP contribution in [0, 0.1) is 0 Å². The number of hydrogen-bond donors (Lipinski definition) is 1. The number of halogens is 2. The van der Waals surface area contributed by atoms with Crippen molar-refractivity contribution in [2.75, 3.05) is 43.3 Å². The number of rotatable bonds is 8. The molecule has 0 aliphatic carbocycles. The third-order valence-corrected chi connectivity index (χ3v) is 5.72. The Labute approximate surface area is 159 Å². The lowest BCUT2D eigenvalue weighted by Crippen LogP contribution is -2.41. The van der Waals surface area contributed by atoms with Gasteiger partial charge in [0.25, 0.3) is 0 Å². The van der Waals surface area contributed by atoms with Crippen LogP contribution in [-0.2, 0) is 14.8 Å². The summed E-state index contributed by atoms with van der Waals surface area (Å²) in [4.78, 5) is 14.5. The van der Waals surface area contributed by atoms with Crippen molar-refractivity contribution < 1.29 is 13.2 Å². The Balaban J connectivity index is 1.93. The number of carbonyl (C=O) groups excluding carboxylic acids is 1. The van der Waals surface area contributed by atoms with Crippen LogP contribution in [0.15, 0.2) is 18.2 Å². The van der Waals surface area contributed by atoms with E-state index in [2.05, 4.69) is 10.2 Å². The number of likely N-dealkylation sites (tertiary alicyclic amines) is 1. The Morgan fingerprint density at radius 3 is 2.60 bits per heavy atom. The number of nitrogens with zero attached hydrogens (tertiary/aromatic N) is 2. The molecule has 1 aromatic rings. The first kappa shape index (κ1) is 20.3. The van der Waals surface area contributed by atoms with E-state index in [0.29, 0.717) is 11.6 Å². The van der Waals surface area contributed by atoms with Gasteiger partial charge in [0, 0.05) is 11.6 Å². The van der Waals surface area contributed by atoms with Crippen LogP contribution in [-0.4, -0.2) is 58.2 Å². The van der Waals surface area contributed by atoms with E-state index in [-0.39, 0.29) is 23.2 Å². The molecule has 0 atom stereocenters. The molecule has 0 radical (unpaired) electrons. The molecule has 1 heterocycles. The Kier molecular flexibility index (Phi) is 7.37. The lowest BCUT2D eigenvalue weighted by atomic mass is 10.3. The molecule has 25 heavy (non-hydrogen) atoms. The fraction of sp³-hybridized carbons (Fsp3) is 0.562. The number of amides is 1. The SMILES string of the molecule is CS(=O)(=O)N(CC(=O)NCCCN1CCCC1)c1cc(Cl)ccc1Cl. The first-order chi connectivity index (χ1) is 11.8. The van der Waals surface area contributed by atoms with Crippen LogP contribution in [0.4, 0.5) is 5.69 Å². The van der Waals surface area contributed by atoms with E-state index < -0.39 is 10.0 Å². The zero-order chi connectivity index (χ0) is 18.4. The van der Waals surface area contributed by atoms with Gasteiger partial charge in [-0.05, 0) is 57.1 Å². The predicted octanol–water partition coefficient (Wildman–Crippen LogP) is 2.36. The number of anilines is 1. The Morgan fingerprint density at radius 2 is 1.96 bits per heavy atom. The highest BCUT2D eigenvalue weighted by atomic mass is 35.5. The highest BCUT2D eigenvalue weighted by Crippen LogP contribution is 2.30. The Morgan fingerprint density at radius 1 is 1.28 bits per heavy atom. The van der Waals surface area contributed by atoms with Crippen molar-refractivity contribution in [1.82, 2.24) is 10.2 Å². The van der Waals surface area contributed by atoms with Gasteiger partial charge in [0.05, 0.1) is 17.0 Å². The summed E-state index contributed by atoms with van der Waals surface area (Å²) in [7, 11) is -3.67. The molecule has 6 nitrogen and oxygen atoms in total. The van der Waals surface area contributed by atoms with Crippen LogP contribution < -0.4 is 9.62 Å².